The van der Waals surface area contributed by atoms with Crippen LogP contribution in [0.3, 0.4) is 0 Å². The van der Waals surface area contributed by atoms with Gasteiger partial charge in [-0.3, -0.25) is 4.79 Å². The molecular formula is C23H24N4O2. The summed E-state index contributed by atoms with van der Waals surface area (Å²) in [5.74, 6) is 1.01. The van der Waals surface area contributed by atoms with Crippen LogP contribution in [0.2, 0.25) is 0 Å². The topological polar surface area (TPSA) is 77.5 Å². The molecule has 29 heavy (non-hydrogen) atoms. The molecule has 2 heterocycles. The Balaban J connectivity index is 1.30. The number of amides is 1. The summed E-state index contributed by atoms with van der Waals surface area (Å²) in [6, 6.07) is 20.8. The van der Waals surface area contributed by atoms with Crippen molar-refractivity contribution in [2.45, 2.75) is 19.0 Å². The predicted molar refractivity (Wildman–Crippen MR) is 114 cm³/mol. The molecule has 1 saturated heterocycles. The van der Waals surface area contributed by atoms with Crippen LogP contribution in [0.15, 0.2) is 72.9 Å². The highest BCUT2D eigenvalue weighted by Gasteiger charge is 2.23. The molecule has 1 fully saturated rings. The van der Waals surface area contributed by atoms with E-state index in [-0.39, 0.29) is 11.7 Å². The van der Waals surface area contributed by atoms with Crippen molar-refractivity contribution in [1.29, 1.82) is 0 Å². The second-order valence-corrected chi connectivity index (χ2v) is 7.20. The number of hydrogen-bond donors (Lipinski definition) is 3. The van der Waals surface area contributed by atoms with E-state index in [4.69, 9.17) is 0 Å². The van der Waals surface area contributed by atoms with Gasteiger partial charge in [-0.1, -0.05) is 30.3 Å². The zero-order chi connectivity index (χ0) is 20.1. The quantitative estimate of drug-likeness (QED) is 0.603. The van der Waals surface area contributed by atoms with Crippen molar-refractivity contribution >= 4 is 17.4 Å². The fourth-order valence-corrected chi connectivity index (χ4v) is 3.44. The number of nitrogens with one attached hydrogen (secondary N) is 2. The first-order valence-corrected chi connectivity index (χ1v) is 9.76. The van der Waals surface area contributed by atoms with Crippen molar-refractivity contribution in [3.05, 3.63) is 84.1 Å². The lowest BCUT2D eigenvalue weighted by molar-refractivity contribution is 0.102. The van der Waals surface area contributed by atoms with Crippen LogP contribution in [0.25, 0.3) is 0 Å². The number of pyridine rings is 1. The Morgan fingerprint density at radius 3 is 2.59 bits per heavy atom. The molecule has 6 heteroatoms. The van der Waals surface area contributed by atoms with Crippen molar-refractivity contribution in [3.63, 3.8) is 0 Å². The molecule has 0 unspecified atom stereocenters. The number of aromatic nitrogens is 1. The van der Waals surface area contributed by atoms with Gasteiger partial charge < -0.3 is 20.6 Å². The highest BCUT2D eigenvalue weighted by molar-refractivity contribution is 6.04. The third-order valence-corrected chi connectivity index (χ3v) is 5.09. The summed E-state index contributed by atoms with van der Waals surface area (Å²) < 4.78 is 0. The summed E-state index contributed by atoms with van der Waals surface area (Å²) in [4.78, 5) is 19.1. The highest BCUT2D eigenvalue weighted by Crippen LogP contribution is 2.19. The Labute approximate surface area is 170 Å². The van der Waals surface area contributed by atoms with Crippen molar-refractivity contribution in [1.82, 2.24) is 10.3 Å². The first-order chi connectivity index (χ1) is 14.2. The molecule has 0 radical (unpaired) electrons. The van der Waals surface area contributed by atoms with Crippen LogP contribution < -0.4 is 15.5 Å². The van der Waals surface area contributed by atoms with E-state index < -0.39 is 0 Å². The van der Waals surface area contributed by atoms with E-state index in [2.05, 4.69) is 20.5 Å². The zero-order valence-electron chi connectivity index (χ0n) is 16.1. The number of carbonyl (C=O) groups is 1. The number of rotatable bonds is 6. The number of hydrogen-bond acceptors (Lipinski definition) is 5. The molecule has 1 aliphatic rings. The maximum Gasteiger partial charge on any atom is 0.257 e. The molecule has 0 bridgehead atoms. The molecule has 6 nitrogen and oxygen atoms in total. The minimum Gasteiger partial charge on any atom is -0.508 e. The molecule has 148 valence electrons. The van der Waals surface area contributed by atoms with Gasteiger partial charge in [-0.15, -0.1) is 0 Å². The lowest BCUT2D eigenvalue weighted by atomic mass is 10.2. The van der Waals surface area contributed by atoms with Crippen molar-refractivity contribution in [2.75, 3.05) is 23.3 Å². The number of phenols is 1. The van der Waals surface area contributed by atoms with Gasteiger partial charge in [-0.05, 0) is 48.4 Å². The average molecular weight is 388 g/mol. The van der Waals surface area contributed by atoms with E-state index in [1.165, 1.54) is 0 Å². The fourth-order valence-electron chi connectivity index (χ4n) is 3.44. The Hall–Kier alpha value is -3.38. The zero-order valence-corrected chi connectivity index (χ0v) is 16.1. The van der Waals surface area contributed by atoms with E-state index in [0.717, 1.165) is 43.1 Å². The third-order valence-electron chi connectivity index (χ3n) is 5.09. The fraction of sp³-hybridized carbons (Fsp3) is 0.217. The minimum atomic E-state index is -0.162. The third kappa shape index (κ3) is 4.92. The standard InChI is InChI=1S/C23H24N4O2/c28-21-9-6-17(7-10-21)14-24-20-12-13-27(16-20)22-11-8-18(15-25-22)23(29)26-19-4-2-1-3-5-19/h1-11,15,20,24,28H,12-14,16H2,(H,26,29)/t20-/m1/s1. The predicted octanol–water partition coefficient (Wildman–Crippen LogP) is 3.41. The van der Waals surface area contributed by atoms with Gasteiger partial charge in [0.2, 0.25) is 0 Å². The monoisotopic (exact) mass is 388 g/mol. The molecule has 3 aromatic rings. The van der Waals surface area contributed by atoms with Crippen molar-refractivity contribution in [3.8, 4) is 5.75 Å². The van der Waals surface area contributed by atoms with Crippen molar-refractivity contribution in [2.24, 2.45) is 0 Å². The van der Waals surface area contributed by atoms with Crippen LogP contribution in [0.4, 0.5) is 11.5 Å². The molecule has 1 atom stereocenters. The summed E-state index contributed by atoms with van der Waals surface area (Å²) in [6.45, 7) is 2.57. The Bertz CT molecular complexity index is 943. The lowest BCUT2D eigenvalue weighted by Crippen LogP contribution is -2.32. The molecule has 0 spiro atoms. The van der Waals surface area contributed by atoms with Gasteiger partial charge in [0.1, 0.15) is 11.6 Å². The number of nitrogens with zero attached hydrogens (tertiary/aromatic N) is 2. The van der Waals surface area contributed by atoms with Crippen LogP contribution in [0.5, 0.6) is 5.75 Å². The van der Waals surface area contributed by atoms with E-state index in [1.807, 2.05) is 54.6 Å². The summed E-state index contributed by atoms with van der Waals surface area (Å²) >= 11 is 0. The Morgan fingerprint density at radius 2 is 1.86 bits per heavy atom. The molecular weight excluding hydrogens is 364 g/mol. The van der Waals surface area contributed by atoms with Crippen LogP contribution >= 0.6 is 0 Å². The van der Waals surface area contributed by atoms with Gasteiger partial charge in [0.05, 0.1) is 5.56 Å². The molecule has 1 aromatic heterocycles. The molecule has 0 saturated carbocycles. The summed E-state index contributed by atoms with van der Waals surface area (Å²) in [6.07, 6.45) is 2.67. The van der Waals surface area contributed by atoms with E-state index in [0.29, 0.717) is 11.6 Å². The number of aromatic hydroxyl groups is 1. The summed E-state index contributed by atoms with van der Waals surface area (Å²) in [5, 5.41) is 15.8. The second kappa shape index (κ2) is 8.75. The number of benzene rings is 2. The summed E-state index contributed by atoms with van der Waals surface area (Å²) in [7, 11) is 0. The number of phenolic OH excluding ortho intramolecular Hbond substituents is 1. The van der Waals surface area contributed by atoms with Crippen LogP contribution in [0.1, 0.15) is 22.3 Å². The normalized spacial score (nSPS) is 16.0. The van der Waals surface area contributed by atoms with E-state index >= 15 is 0 Å². The highest BCUT2D eigenvalue weighted by atomic mass is 16.3. The number of anilines is 2. The van der Waals surface area contributed by atoms with Crippen LogP contribution in [-0.4, -0.2) is 35.1 Å². The second-order valence-electron chi connectivity index (χ2n) is 7.20. The smallest absolute Gasteiger partial charge is 0.257 e. The first kappa shape index (κ1) is 19.0. The van der Waals surface area contributed by atoms with Gasteiger partial charge in [0, 0.05) is 37.6 Å². The van der Waals surface area contributed by atoms with E-state index in [9.17, 15) is 9.90 Å². The van der Waals surface area contributed by atoms with E-state index in [1.54, 1.807) is 18.3 Å². The van der Waals surface area contributed by atoms with Gasteiger partial charge in [0.15, 0.2) is 0 Å². The number of para-hydroxylation sites is 1. The maximum absolute atomic E-state index is 12.3. The van der Waals surface area contributed by atoms with Crippen LogP contribution in [0, 0.1) is 0 Å². The first-order valence-electron chi connectivity index (χ1n) is 9.76. The molecule has 4 rings (SSSR count). The largest absolute Gasteiger partial charge is 0.508 e. The minimum absolute atomic E-state index is 0.162. The Morgan fingerprint density at radius 1 is 1.07 bits per heavy atom. The molecule has 3 N–H and O–H groups in total. The molecule has 0 aliphatic carbocycles. The van der Waals surface area contributed by atoms with Crippen LogP contribution in [-0.2, 0) is 6.54 Å². The van der Waals surface area contributed by atoms with Gasteiger partial charge in [-0.25, -0.2) is 4.98 Å². The summed E-state index contributed by atoms with van der Waals surface area (Å²) in [5.41, 5.74) is 2.45. The maximum atomic E-state index is 12.3. The molecule has 1 amide bonds. The molecule has 1 aliphatic heterocycles. The Kier molecular flexibility index (Phi) is 5.72. The van der Waals surface area contributed by atoms with Crippen molar-refractivity contribution < 1.29 is 9.90 Å². The molecule has 2 aromatic carbocycles. The number of carbonyl (C=O) groups excluding carboxylic acids is 1. The average Bonchev–Trinajstić information content (AvgIpc) is 3.23. The lowest BCUT2D eigenvalue weighted by Gasteiger charge is -2.18. The SMILES string of the molecule is O=C(Nc1ccccc1)c1ccc(N2CC[C@@H](NCc3ccc(O)cc3)C2)nc1. The van der Waals surface area contributed by atoms with Gasteiger partial charge >= 0.3 is 0 Å². The van der Waals surface area contributed by atoms with Gasteiger partial charge in [0.25, 0.3) is 5.91 Å². The van der Waals surface area contributed by atoms with Gasteiger partial charge in [-0.2, -0.15) is 0 Å².